The summed E-state index contributed by atoms with van der Waals surface area (Å²) in [7, 11) is 0. The van der Waals surface area contributed by atoms with Crippen molar-refractivity contribution in [2.45, 2.75) is 44.4 Å². The lowest BCUT2D eigenvalue weighted by molar-refractivity contribution is -0.274. The first-order valence-corrected chi connectivity index (χ1v) is 9.23. The van der Waals surface area contributed by atoms with Crippen molar-refractivity contribution in [3.63, 3.8) is 0 Å². The van der Waals surface area contributed by atoms with Gasteiger partial charge < -0.3 is 4.74 Å². The minimum absolute atomic E-state index is 0.183. The van der Waals surface area contributed by atoms with Crippen molar-refractivity contribution in [2.75, 3.05) is 0 Å². The molecule has 4 heteroatoms. The van der Waals surface area contributed by atoms with Crippen molar-refractivity contribution < 1.29 is 17.9 Å². The number of halogens is 3. The summed E-state index contributed by atoms with van der Waals surface area (Å²) in [6.07, 6.45) is 5.81. The summed E-state index contributed by atoms with van der Waals surface area (Å²) in [6.45, 7) is 2.14. The number of benzene rings is 2. The summed E-state index contributed by atoms with van der Waals surface area (Å²) in [5, 5.41) is 0. The van der Waals surface area contributed by atoms with E-state index in [1.165, 1.54) is 23.3 Å². The molecule has 0 fully saturated rings. The Bertz CT molecular complexity index is 804. The van der Waals surface area contributed by atoms with Crippen molar-refractivity contribution >= 4 is 5.57 Å². The Hall–Kier alpha value is -2.49. The second-order valence-corrected chi connectivity index (χ2v) is 6.89. The van der Waals surface area contributed by atoms with Gasteiger partial charge in [-0.15, -0.1) is 13.2 Å². The van der Waals surface area contributed by atoms with Crippen LogP contribution in [0.3, 0.4) is 0 Å². The summed E-state index contributed by atoms with van der Waals surface area (Å²) in [5.41, 5.74) is 3.18. The van der Waals surface area contributed by atoms with Crippen molar-refractivity contribution in [1.82, 2.24) is 0 Å². The molecule has 0 heterocycles. The molecule has 0 spiro atoms. The Labute approximate surface area is 158 Å². The van der Waals surface area contributed by atoms with E-state index in [-0.39, 0.29) is 11.2 Å². The largest absolute Gasteiger partial charge is 0.573 e. The van der Waals surface area contributed by atoms with Crippen LogP contribution in [0.5, 0.6) is 5.75 Å². The molecule has 0 saturated carbocycles. The Morgan fingerprint density at radius 1 is 1.00 bits per heavy atom. The van der Waals surface area contributed by atoms with E-state index < -0.39 is 6.36 Å². The second kappa shape index (κ2) is 8.03. The fourth-order valence-corrected chi connectivity index (χ4v) is 3.55. The Kier molecular flexibility index (Phi) is 5.73. The highest BCUT2D eigenvalue weighted by molar-refractivity contribution is 5.75. The average Bonchev–Trinajstić information content (AvgIpc) is 2.67. The highest BCUT2D eigenvalue weighted by atomic mass is 19.4. The van der Waals surface area contributed by atoms with Gasteiger partial charge in [-0.1, -0.05) is 80.5 Å². The maximum absolute atomic E-state index is 12.4. The summed E-state index contributed by atoms with van der Waals surface area (Å²) >= 11 is 0. The fourth-order valence-electron chi connectivity index (χ4n) is 3.55. The molecule has 1 unspecified atom stereocenters. The smallest absolute Gasteiger partial charge is 0.406 e. The van der Waals surface area contributed by atoms with Crippen LogP contribution in [0.1, 0.15) is 43.7 Å². The molecule has 0 saturated heterocycles. The van der Waals surface area contributed by atoms with Gasteiger partial charge in [0.25, 0.3) is 0 Å². The van der Waals surface area contributed by atoms with E-state index in [1.54, 1.807) is 12.1 Å². The second-order valence-electron chi connectivity index (χ2n) is 6.89. The molecule has 0 radical (unpaired) electrons. The number of ether oxygens (including phenoxy) is 1. The molecule has 3 rings (SSSR count). The van der Waals surface area contributed by atoms with Crippen LogP contribution in [0.2, 0.25) is 0 Å². The van der Waals surface area contributed by atoms with E-state index in [4.69, 9.17) is 0 Å². The molecule has 0 aliphatic heterocycles. The third-order valence-corrected chi connectivity index (χ3v) is 5.01. The molecule has 0 aromatic heterocycles. The van der Waals surface area contributed by atoms with Crippen LogP contribution in [0.25, 0.3) is 5.57 Å². The average molecular weight is 372 g/mol. The topological polar surface area (TPSA) is 9.23 Å². The van der Waals surface area contributed by atoms with Crippen LogP contribution >= 0.6 is 0 Å². The zero-order valence-corrected chi connectivity index (χ0v) is 15.3. The van der Waals surface area contributed by atoms with Gasteiger partial charge in [0.2, 0.25) is 0 Å². The van der Waals surface area contributed by atoms with Gasteiger partial charge in [0.05, 0.1) is 0 Å². The molecule has 1 nitrogen and oxygen atoms in total. The van der Waals surface area contributed by atoms with Gasteiger partial charge in [0.15, 0.2) is 0 Å². The summed E-state index contributed by atoms with van der Waals surface area (Å²) in [6, 6.07) is 16.5. The van der Waals surface area contributed by atoms with Crippen LogP contribution in [-0.2, 0) is 5.41 Å². The van der Waals surface area contributed by atoms with Crippen molar-refractivity contribution in [2.24, 2.45) is 0 Å². The molecule has 27 heavy (non-hydrogen) atoms. The van der Waals surface area contributed by atoms with E-state index in [2.05, 4.69) is 42.0 Å². The van der Waals surface area contributed by atoms with E-state index in [9.17, 15) is 13.2 Å². The summed E-state index contributed by atoms with van der Waals surface area (Å²) in [5.74, 6) is -0.183. The highest BCUT2D eigenvalue weighted by Gasteiger charge is 2.32. The first-order valence-electron chi connectivity index (χ1n) is 9.23. The number of hydrogen-bond acceptors (Lipinski definition) is 1. The van der Waals surface area contributed by atoms with Crippen molar-refractivity contribution in [3.05, 3.63) is 84.0 Å². The van der Waals surface area contributed by atoms with Gasteiger partial charge in [-0.25, -0.2) is 0 Å². The number of alkyl halides is 3. The lowest BCUT2D eigenvalue weighted by atomic mass is 9.70. The number of allylic oxidation sites excluding steroid dienone is 4. The predicted octanol–water partition coefficient (Wildman–Crippen LogP) is 7.06. The standard InChI is InChI=1S/C23H23F3O/c1-2-3-15-22(20-9-11-21(12-10-20)27-23(24,25)26)16-13-19(14-17-22)18-7-5-4-6-8-18/h4-14,16H,2-3,15,17H2,1H3. The minimum atomic E-state index is -4.67. The number of rotatable bonds is 6. The van der Waals surface area contributed by atoms with E-state index in [1.807, 2.05) is 18.2 Å². The van der Waals surface area contributed by atoms with Crippen LogP contribution < -0.4 is 4.74 Å². The highest BCUT2D eigenvalue weighted by Crippen LogP contribution is 2.41. The first kappa shape index (κ1) is 19.3. The normalized spacial score (nSPS) is 19.6. The molecule has 0 N–H and O–H groups in total. The minimum Gasteiger partial charge on any atom is -0.406 e. The maximum Gasteiger partial charge on any atom is 0.573 e. The third kappa shape index (κ3) is 4.82. The summed E-state index contributed by atoms with van der Waals surface area (Å²) < 4.78 is 41.2. The molecule has 2 aromatic carbocycles. The van der Waals surface area contributed by atoms with Gasteiger partial charge in [-0.2, -0.15) is 0 Å². The van der Waals surface area contributed by atoms with Crippen LogP contribution in [-0.4, -0.2) is 6.36 Å². The van der Waals surface area contributed by atoms with E-state index >= 15 is 0 Å². The molecule has 1 atom stereocenters. The first-order chi connectivity index (χ1) is 12.9. The molecule has 0 bridgehead atoms. The summed E-state index contributed by atoms with van der Waals surface area (Å²) in [4.78, 5) is 0. The molecule has 2 aromatic rings. The van der Waals surface area contributed by atoms with Gasteiger partial charge in [0.1, 0.15) is 5.75 Å². The fraction of sp³-hybridized carbons (Fsp3) is 0.304. The van der Waals surface area contributed by atoms with Crippen LogP contribution in [0.4, 0.5) is 13.2 Å². The van der Waals surface area contributed by atoms with Crippen molar-refractivity contribution in [1.29, 1.82) is 0 Å². The van der Waals surface area contributed by atoms with E-state index in [0.717, 1.165) is 31.2 Å². The van der Waals surface area contributed by atoms with Crippen LogP contribution in [0, 0.1) is 0 Å². The third-order valence-electron chi connectivity index (χ3n) is 5.01. The molecular formula is C23H23F3O. The molecular weight excluding hydrogens is 349 g/mol. The predicted molar refractivity (Wildman–Crippen MR) is 103 cm³/mol. The zero-order chi connectivity index (χ0) is 19.3. The van der Waals surface area contributed by atoms with Gasteiger partial charge >= 0.3 is 6.36 Å². The molecule has 1 aliphatic rings. The zero-order valence-electron chi connectivity index (χ0n) is 15.3. The number of unbranched alkanes of at least 4 members (excludes halogenated alkanes) is 1. The SMILES string of the molecule is CCCCC1(c2ccc(OC(F)(F)F)cc2)C=CC(c2ccccc2)=CC1. The Morgan fingerprint density at radius 3 is 2.26 bits per heavy atom. The van der Waals surface area contributed by atoms with Gasteiger partial charge in [-0.05, 0) is 41.7 Å². The lowest BCUT2D eigenvalue weighted by Gasteiger charge is -2.33. The Balaban J connectivity index is 1.85. The Morgan fingerprint density at radius 2 is 1.70 bits per heavy atom. The monoisotopic (exact) mass is 372 g/mol. The van der Waals surface area contributed by atoms with Gasteiger partial charge in [0, 0.05) is 5.41 Å². The van der Waals surface area contributed by atoms with Gasteiger partial charge in [-0.3, -0.25) is 0 Å². The lowest BCUT2D eigenvalue weighted by Crippen LogP contribution is -2.25. The molecule has 1 aliphatic carbocycles. The number of hydrogen-bond donors (Lipinski definition) is 0. The molecule has 0 amide bonds. The maximum atomic E-state index is 12.4. The van der Waals surface area contributed by atoms with Crippen molar-refractivity contribution in [3.8, 4) is 5.75 Å². The van der Waals surface area contributed by atoms with Crippen LogP contribution in [0.15, 0.2) is 72.8 Å². The molecule has 142 valence electrons. The van der Waals surface area contributed by atoms with E-state index in [0.29, 0.717) is 0 Å². The quantitative estimate of drug-likeness (QED) is 0.527.